The van der Waals surface area contributed by atoms with Crippen LogP contribution in [-0.2, 0) is 0 Å². The van der Waals surface area contributed by atoms with E-state index in [2.05, 4.69) is 64.2 Å². The Labute approximate surface area is 113 Å². The van der Waals surface area contributed by atoms with Gasteiger partial charge < -0.3 is 5.32 Å². The highest BCUT2D eigenvalue weighted by atomic mass is 14.9. The number of benzene rings is 1. The van der Waals surface area contributed by atoms with Crippen molar-refractivity contribution in [1.29, 1.82) is 0 Å². The Bertz CT molecular complexity index is 326. The molecule has 0 saturated heterocycles. The summed E-state index contributed by atoms with van der Waals surface area (Å²) in [5.41, 5.74) is 2.83. The molecule has 0 bridgehead atoms. The van der Waals surface area contributed by atoms with E-state index in [1.165, 1.54) is 24.0 Å². The van der Waals surface area contributed by atoms with Gasteiger partial charge in [0.05, 0.1) is 0 Å². The fourth-order valence-corrected chi connectivity index (χ4v) is 2.48. The highest BCUT2D eigenvalue weighted by Crippen LogP contribution is 2.27. The van der Waals surface area contributed by atoms with E-state index in [1.54, 1.807) is 0 Å². The molecule has 0 heterocycles. The number of aryl methyl sites for hydroxylation is 1. The topological polar surface area (TPSA) is 12.0 Å². The summed E-state index contributed by atoms with van der Waals surface area (Å²) in [5, 5.41) is 3.60. The van der Waals surface area contributed by atoms with Gasteiger partial charge in [0.25, 0.3) is 0 Å². The van der Waals surface area contributed by atoms with Gasteiger partial charge in [-0.05, 0) is 24.3 Å². The molecule has 0 amide bonds. The lowest BCUT2D eigenvalue weighted by Crippen LogP contribution is -2.30. The van der Waals surface area contributed by atoms with Crippen molar-refractivity contribution in [1.82, 2.24) is 5.32 Å². The van der Waals surface area contributed by atoms with Gasteiger partial charge in [-0.15, -0.1) is 0 Å². The standard InChI is InChI=1S/C17H29N/c1-6-7-15(5)17(12-18-13(2)3)16-10-8-14(4)9-11-16/h8-11,13,15,17-18H,6-7,12H2,1-5H3. The van der Waals surface area contributed by atoms with Crippen LogP contribution in [0.25, 0.3) is 0 Å². The fraction of sp³-hybridized carbons (Fsp3) is 0.647. The first-order chi connectivity index (χ1) is 8.54. The van der Waals surface area contributed by atoms with Gasteiger partial charge in [-0.2, -0.15) is 0 Å². The molecule has 0 spiro atoms. The maximum Gasteiger partial charge on any atom is 0.00250 e. The molecule has 0 aliphatic rings. The largest absolute Gasteiger partial charge is 0.314 e. The van der Waals surface area contributed by atoms with E-state index < -0.39 is 0 Å². The Balaban J connectivity index is 2.78. The summed E-state index contributed by atoms with van der Waals surface area (Å²) in [6.45, 7) is 12.3. The van der Waals surface area contributed by atoms with E-state index in [-0.39, 0.29) is 0 Å². The number of hydrogen-bond donors (Lipinski definition) is 1. The van der Waals surface area contributed by atoms with Crippen molar-refractivity contribution in [3.05, 3.63) is 35.4 Å². The van der Waals surface area contributed by atoms with Gasteiger partial charge in [0.1, 0.15) is 0 Å². The summed E-state index contributed by atoms with van der Waals surface area (Å²) >= 11 is 0. The van der Waals surface area contributed by atoms with Crippen LogP contribution < -0.4 is 5.32 Å². The van der Waals surface area contributed by atoms with Crippen molar-refractivity contribution in [2.24, 2.45) is 5.92 Å². The molecule has 1 rings (SSSR count). The molecule has 1 aromatic carbocycles. The lowest BCUT2D eigenvalue weighted by molar-refractivity contribution is 0.392. The van der Waals surface area contributed by atoms with Gasteiger partial charge >= 0.3 is 0 Å². The SMILES string of the molecule is CCCC(C)C(CNC(C)C)c1ccc(C)cc1. The van der Waals surface area contributed by atoms with E-state index in [0.717, 1.165) is 12.5 Å². The van der Waals surface area contributed by atoms with Crippen LogP contribution in [0, 0.1) is 12.8 Å². The van der Waals surface area contributed by atoms with E-state index in [9.17, 15) is 0 Å². The van der Waals surface area contributed by atoms with Crippen LogP contribution in [0.1, 0.15) is 57.6 Å². The normalized spacial score (nSPS) is 14.8. The van der Waals surface area contributed by atoms with Crippen LogP contribution in [0.3, 0.4) is 0 Å². The molecule has 0 aromatic heterocycles. The predicted octanol–water partition coefficient (Wildman–Crippen LogP) is 4.51. The zero-order chi connectivity index (χ0) is 13.5. The van der Waals surface area contributed by atoms with E-state index in [1.807, 2.05) is 0 Å². The quantitative estimate of drug-likeness (QED) is 0.747. The molecule has 2 unspecified atom stereocenters. The second-order valence-corrected chi connectivity index (χ2v) is 5.85. The van der Waals surface area contributed by atoms with Crippen molar-refractivity contribution in [2.45, 2.75) is 59.4 Å². The van der Waals surface area contributed by atoms with Crippen LogP contribution in [0.5, 0.6) is 0 Å². The van der Waals surface area contributed by atoms with Crippen molar-refractivity contribution in [3.8, 4) is 0 Å². The van der Waals surface area contributed by atoms with Gasteiger partial charge in [0.15, 0.2) is 0 Å². The summed E-state index contributed by atoms with van der Waals surface area (Å²) in [4.78, 5) is 0. The summed E-state index contributed by atoms with van der Waals surface area (Å²) in [6, 6.07) is 9.63. The Morgan fingerprint density at radius 3 is 2.17 bits per heavy atom. The summed E-state index contributed by atoms with van der Waals surface area (Å²) in [5.74, 6) is 1.37. The number of hydrogen-bond acceptors (Lipinski definition) is 1. The predicted molar refractivity (Wildman–Crippen MR) is 81.1 cm³/mol. The van der Waals surface area contributed by atoms with E-state index >= 15 is 0 Å². The third-order valence-electron chi connectivity index (χ3n) is 3.68. The third-order valence-corrected chi connectivity index (χ3v) is 3.68. The molecule has 0 radical (unpaired) electrons. The molecule has 0 fully saturated rings. The summed E-state index contributed by atoms with van der Waals surface area (Å²) < 4.78 is 0. The maximum absolute atomic E-state index is 3.60. The number of rotatable bonds is 7. The number of nitrogens with one attached hydrogen (secondary N) is 1. The van der Waals surface area contributed by atoms with Gasteiger partial charge in [0.2, 0.25) is 0 Å². The third kappa shape index (κ3) is 4.81. The molecule has 2 atom stereocenters. The molecule has 1 aromatic rings. The Morgan fingerprint density at radius 2 is 1.67 bits per heavy atom. The van der Waals surface area contributed by atoms with Crippen molar-refractivity contribution in [2.75, 3.05) is 6.54 Å². The Morgan fingerprint density at radius 1 is 1.06 bits per heavy atom. The fourth-order valence-electron chi connectivity index (χ4n) is 2.48. The molecule has 0 saturated carbocycles. The zero-order valence-corrected chi connectivity index (χ0v) is 12.7. The van der Waals surface area contributed by atoms with Crippen LogP contribution in [-0.4, -0.2) is 12.6 Å². The lowest BCUT2D eigenvalue weighted by Gasteiger charge is -2.26. The highest BCUT2D eigenvalue weighted by Gasteiger charge is 2.18. The minimum atomic E-state index is 0.562. The van der Waals surface area contributed by atoms with Gasteiger partial charge in [0, 0.05) is 12.6 Å². The molecule has 102 valence electrons. The van der Waals surface area contributed by atoms with Crippen molar-refractivity contribution in [3.63, 3.8) is 0 Å². The smallest absolute Gasteiger partial charge is 0.00250 e. The molecule has 0 aliphatic carbocycles. The van der Waals surface area contributed by atoms with Crippen LogP contribution in [0.4, 0.5) is 0 Å². The van der Waals surface area contributed by atoms with Gasteiger partial charge in [-0.1, -0.05) is 70.4 Å². The zero-order valence-electron chi connectivity index (χ0n) is 12.7. The van der Waals surface area contributed by atoms with Crippen LogP contribution >= 0.6 is 0 Å². The highest BCUT2D eigenvalue weighted by molar-refractivity contribution is 5.25. The van der Waals surface area contributed by atoms with E-state index in [4.69, 9.17) is 0 Å². The molecular formula is C17H29N. The van der Waals surface area contributed by atoms with Gasteiger partial charge in [-0.3, -0.25) is 0 Å². The molecule has 1 N–H and O–H groups in total. The second kappa shape index (κ2) is 7.58. The monoisotopic (exact) mass is 247 g/mol. The first-order valence-corrected chi connectivity index (χ1v) is 7.34. The summed E-state index contributed by atoms with van der Waals surface area (Å²) in [7, 11) is 0. The molecule has 1 nitrogen and oxygen atoms in total. The van der Waals surface area contributed by atoms with Gasteiger partial charge in [-0.25, -0.2) is 0 Å². The average molecular weight is 247 g/mol. The van der Waals surface area contributed by atoms with Crippen LogP contribution in [0.2, 0.25) is 0 Å². The molecule has 18 heavy (non-hydrogen) atoms. The van der Waals surface area contributed by atoms with Crippen molar-refractivity contribution < 1.29 is 0 Å². The second-order valence-electron chi connectivity index (χ2n) is 5.85. The van der Waals surface area contributed by atoms with E-state index in [0.29, 0.717) is 12.0 Å². The Hall–Kier alpha value is -0.820. The minimum Gasteiger partial charge on any atom is -0.314 e. The van der Waals surface area contributed by atoms with Crippen molar-refractivity contribution >= 4 is 0 Å². The Kier molecular flexibility index (Phi) is 6.42. The molecule has 1 heteroatoms. The average Bonchev–Trinajstić information content (AvgIpc) is 2.31. The minimum absolute atomic E-state index is 0.562. The lowest BCUT2D eigenvalue weighted by atomic mass is 9.84. The maximum atomic E-state index is 3.60. The molecular weight excluding hydrogens is 218 g/mol. The van der Waals surface area contributed by atoms with Crippen LogP contribution in [0.15, 0.2) is 24.3 Å². The first kappa shape index (κ1) is 15.2. The summed E-state index contributed by atoms with van der Waals surface area (Å²) in [6.07, 6.45) is 2.57. The molecule has 0 aliphatic heterocycles. The first-order valence-electron chi connectivity index (χ1n) is 7.34.